The molecule has 0 unspecified atom stereocenters. The van der Waals surface area contributed by atoms with Crippen LogP contribution in [-0.2, 0) is 5.41 Å². The predicted octanol–water partition coefficient (Wildman–Crippen LogP) is 15.2. The van der Waals surface area contributed by atoms with Crippen LogP contribution in [0.4, 0.5) is 0 Å². The van der Waals surface area contributed by atoms with Crippen molar-refractivity contribution in [2.45, 2.75) is 123 Å². The van der Waals surface area contributed by atoms with Crippen molar-refractivity contribution in [3.05, 3.63) is 161 Å². The highest BCUT2D eigenvalue weighted by Crippen LogP contribution is 2.57. The molecular formula is C55H63P. The zero-order valence-electron chi connectivity index (χ0n) is 34.6. The third-order valence-electron chi connectivity index (χ3n) is 12.4. The summed E-state index contributed by atoms with van der Waals surface area (Å²) in [6, 6.07) is 48.4. The van der Waals surface area contributed by atoms with Crippen LogP contribution < -0.4 is 15.9 Å². The first-order valence-corrected chi connectivity index (χ1v) is 23.2. The summed E-state index contributed by atoms with van der Waals surface area (Å²) in [5.74, 6) is 0. The molecular weight excluding hydrogens is 692 g/mol. The zero-order chi connectivity index (χ0) is 38.7. The molecule has 0 spiro atoms. The Morgan fingerprint density at radius 2 is 1.09 bits per heavy atom. The van der Waals surface area contributed by atoms with Crippen LogP contribution in [0.3, 0.4) is 0 Å². The minimum atomic E-state index is -0.698. The van der Waals surface area contributed by atoms with Crippen molar-refractivity contribution in [2.75, 3.05) is 0 Å². The van der Waals surface area contributed by atoms with E-state index in [2.05, 4.69) is 167 Å². The van der Waals surface area contributed by atoms with Crippen molar-refractivity contribution in [1.82, 2.24) is 0 Å². The van der Waals surface area contributed by atoms with E-state index in [9.17, 15) is 0 Å². The molecule has 0 fully saturated rings. The van der Waals surface area contributed by atoms with Crippen molar-refractivity contribution < 1.29 is 0 Å². The first-order valence-electron chi connectivity index (χ1n) is 21.9. The summed E-state index contributed by atoms with van der Waals surface area (Å²) in [5, 5.41) is 6.96. The van der Waals surface area contributed by atoms with Gasteiger partial charge in [-0.05, 0) is 106 Å². The molecule has 1 aliphatic carbocycles. The van der Waals surface area contributed by atoms with Gasteiger partial charge in [-0.25, -0.2) is 0 Å². The Morgan fingerprint density at radius 3 is 1.73 bits per heavy atom. The quantitative estimate of drug-likeness (QED) is 0.0439. The van der Waals surface area contributed by atoms with Gasteiger partial charge in [0.15, 0.2) is 0 Å². The van der Waals surface area contributed by atoms with Crippen LogP contribution in [0.15, 0.2) is 127 Å². The first kappa shape index (κ1) is 40.0. The van der Waals surface area contributed by atoms with E-state index in [4.69, 9.17) is 0 Å². The molecule has 0 atom stereocenters. The summed E-state index contributed by atoms with van der Waals surface area (Å²) in [7, 11) is -0.698. The molecule has 1 heteroatoms. The van der Waals surface area contributed by atoms with Crippen LogP contribution in [0.2, 0.25) is 0 Å². The molecule has 0 aliphatic heterocycles. The van der Waals surface area contributed by atoms with Gasteiger partial charge in [-0.3, -0.25) is 0 Å². The van der Waals surface area contributed by atoms with E-state index in [0.717, 1.165) is 0 Å². The maximum atomic E-state index is 2.61. The highest BCUT2D eigenvalue weighted by atomic mass is 31.1. The lowest BCUT2D eigenvalue weighted by Crippen LogP contribution is -2.26. The SMILES string of the molecule is CCCCCCCCC1(CCCCCCCC)c2cc(C)ccc2-c2c1cc(C)c1ccc(/C=C/c3ccccc3P(c3ccccc3)c3ccccc3)cc21. The van der Waals surface area contributed by atoms with Crippen molar-refractivity contribution in [2.24, 2.45) is 0 Å². The smallest absolute Gasteiger partial charge is 0.0215 e. The lowest BCUT2D eigenvalue weighted by atomic mass is 9.70. The van der Waals surface area contributed by atoms with Gasteiger partial charge >= 0.3 is 0 Å². The summed E-state index contributed by atoms with van der Waals surface area (Å²) in [5.41, 5.74) is 11.6. The molecule has 0 aromatic heterocycles. The van der Waals surface area contributed by atoms with E-state index in [-0.39, 0.29) is 5.41 Å². The molecule has 0 saturated carbocycles. The number of aryl methyl sites for hydroxylation is 2. The normalized spacial score (nSPS) is 13.2. The second-order valence-corrected chi connectivity index (χ2v) is 18.7. The van der Waals surface area contributed by atoms with Crippen LogP contribution in [0.25, 0.3) is 34.1 Å². The minimum absolute atomic E-state index is 0.0853. The molecule has 0 radical (unpaired) electrons. The van der Waals surface area contributed by atoms with Gasteiger partial charge < -0.3 is 0 Å². The Kier molecular flexibility index (Phi) is 13.7. The zero-order valence-corrected chi connectivity index (χ0v) is 35.5. The summed E-state index contributed by atoms with van der Waals surface area (Å²) in [6.45, 7) is 9.31. The highest BCUT2D eigenvalue weighted by Gasteiger charge is 2.43. The monoisotopic (exact) mass is 754 g/mol. The van der Waals surface area contributed by atoms with E-state index in [0.29, 0.717) is 0 Å². The average Bonchev–Trinajstić information content (AvgIpc) is 3.49. The summed E-state index contributed by atoms with van der Waals surface area (Å²) in [4.78, 5) is 0. The lowest BCUT2D eigenvalue weighted by molar-refractivity contribution is 0.397. The number of hydrogen-bond acceptors (Lipinski definition) is 0. The number of benzene rings is 6. The molecule has 0 heterocycles. The second kappa shape index (κ2) is 19.3. The molecule has 6 aromatic rings. The molecule has 0 N–H and O–H groups in total. The summed E-state index contributed by atoms with van der Waals surface area (Å²) in [6.07, 6.45) is 23.3. The van der Waals surface area contributed by atoms with Gasteiger partial charge in [0.1, 0.15) is 0 Å². The Hall–Kier alpha value is -4.25. The fourth-order valence-electron chi connectivity index (χ4n) is 9.49. The van der Waals surface area contributed by atoms with Crippen LogP contribution in [0.1, 0.15) is 137 Å². The lowest BCUT2D eigenvalue weighted by Gasteiger charge is -2.33. The first-order chi connectivity index (χ1) is 27.5. The van der Waals surface area contributed by atoms with E-state index in [1.54, 1.807) is 11.1 Å². The molecule has 1 aliphatic rings. The van der Waals surface area contributed by atoms with Gasteiger partial charge in [0, 0.05) is 5.41 Å². The van der Waals surface area contributed by atoms with Crippen LogP contribution in [-0.4, -0.2) is 0 Å². The highest BCUT2D eigenvalue weighted by molar-refractivity contribution is 7.80. The van der Waals surface area contributed by atoms with Crippen molar-refractivity contribution >= 4 is 46.8 Å². The van der Waals surface area contributed by atoms with Gasteiger partial charge in [0.05, 0.1) is 0 Å². The molecule has 7 rings (SSSR count). The van der Waals surface area contributed by atoms with E-state index < -0.39 is 7.92 Å². The molecule has 0 bridgehead atoms. The Morgan fingerprint density at radius 1 is 0.500 bits per heavy atom. The minimum Gasteiger partial charge on any atom is -0.0654 e. The Bertz CT molecular complexity index is 2150. The van der Waals surface area contributed by atoms with Gasteiger partial charge in [-0.15, -0.1) is 0 Å². The summed E-state index contributed by atoms with van der Waals surface area (Å²) >= 11 is 0. The van der Waals surface area contributed by atoms with E-state index >= 15 is 0 Å². The topological polar surface area (TPSA) is 0 Å². The van der Waals surface area contributed by atoms with Gasteiger partial charge in [-0.1, -0.05) is 230 Å². The molecule has 6 aromatic carbocycles. The second-order valence-electron chi connectivity index (χ2n) is 16.5. The van der Waals surface area contributed by atoms with Crippen LogP contribution in [0, 0.1) is 13.8 Å². The number of rotatable bonds is 19. The fraction of sp³-hybridized carbons (Fsp3) is 0.345. The molecule has 56 heavy (non-hydrogen) atoms. The summed E-state index contributed by atoms with van der Waals surface area (Å²) < 4.78 is 0. The maximum Gasteiger partial charge on any atom is 0.0215 e. The Balaban J connectivity index is 1.29. The third kappa shape index (κ3) is 8.82. The maximum absolute atomic E-state index is 2.61. The van der Waals surface area contributed by atoms with Gasteiger partial charge in [0.25, 0.3) is 0 Å². The molecule has 0 nitrogen and oxygen atoms in total. The van der Waals surface area contributed by atoms with Crippen molar-refractivity contribution in [1.29, 1.82) is 0 Å². The molecule has 0 saturated heterocycles. The molecule has 0 amide bonds. The average molecular weight is 755 g/mol. The molecule has 288 valence electrons. The van der Waals surface area contributed by atoms with Crippen molar-refractivity contribution in [3.63, 3.8) is 0 Å². The third-order valence-corrected chi connectivity index (χ3v) is 14.9. The van der Waals surface area contributed by atoms with Crippen LogP contribution >= 0.6 is 7.92 Å². The van der Waals surface area contributed by atoms with Crippen LogP contribution in [0.5, 0.6) is 0 Å². The largest absolute Gasteiger partial charge is 0.0654 e. The fourth-order valence-corrected chi connectivity index (χ4v) is 11.9. The van der Waals surface area contributed by atoms with E-state index in [1.165, 1.54) is 150 Å². The van der Waals surface area contributed by atoms with E-state index in [1.807, 2.05) is 0 Å². The number of fused-ring (bicyclic) bond motifs is 5. The van der Waals surface area contributed by atoms with Crippen molar-refractivity contribution in [3.8, 4) is 11.1 Å². The number of unbranched alkanes of at least 4 members (excludes halogenated alkanes) is 10. The van der Waals surface area contributed by atoms with Gasteiger partial charge in [0.2, 0.25) is 0 Å². The standard InChI is InChI=1S/C55H63P/c1-5-7-9-11-13-23-37-55(38-24-14-12-10-8-6-2)51-39-42(3)31-35-49(51)54-50-41-44(33-36-48(50)43(4)40-52(54)55)32-34-45-25-21-22-30-53(45)56(46-26-17-15-18-27-46)47-28-19-16-20-29-47/h15-22,25-36,39-41H,5-14,23-24,37-38H2,1-4H3/b34-32+. The number of hydrogen-bond donors (Lipinski definition) is 0. The van der Waals surface area contributed by atoms with Gasteiger partial charge in [-0.2, -0.15) is 0 Å². The predicted molar refractivity (Wildman–Crippen MR) is 250 cm³/mol. The Labute approximate surface area is 340 Å².